The lowest BCUT2D eigenvalue weighted by Gasteiger charge is -2.00. The second-order valence-electron chi connectivity index (χ2n) is 4.55. The van der Waals surface area contributed by atoms with Crippen LogP contribution >= 0.6 is 0 Å². The fourth-order valence-corrected chi connectivity index (χ4v) is 1.95. The molecule has 2 aromatic carbocycles. The van der Waals surface area contributed by atoms with Crippen molar-refractivity contribution in [2.75, 3.05) is 5.73 Å². The van der Waals surface area contributed by atoms with Gasteiger partial charge in [-0.05, 0) is 29.8 Å². The molecule has 5 nitrogen and oxygen atoms in total. The van der Waals surface area contributed by atoms with E-state index in [1.807, 2.05) is 18.2 Å². The van der Waals surface area contributed by atoms with Gasteiger partial charge in [0.05, 0.1) is 6.42 Å². The van der Waals surface area contributed by atoms with Crippen molar-refractivity contribution in [2.24, 2.45) is 0 Å². The summed E-state index contributed by atoms with van der Waals surface area (Å²) >= 11 is 0. The highest BCUT2D eigenvalue weighted by Crippen LogP contribution is 2.23. The van der Waals surface area contributed by atoms with Crippen molar-refractivity contribution < 1.29 is 14.0 Å². The Kier molecular flexibility index (Phi) is 3.27. The Morgan fingerprint density at radius 3 is 2.76 bits per heavy atom. The predicted molar refractivity (Wildman–Crippen MR) is 75.0 cm³/mol. The number of anilines is 1. The van der Waals surface area contributed by atoms with Crippen LogP contribution in [0.15, 0.2) is 47.0 Å². The van der Waals surface area contributed by atoms with E-state index >= 15 is 0 Å². The van der Waals surface area contributed by atoms with Crippen LogP contribution in [-0.4, -0.2) is 15.2 Å². The van der Waals surface area contributed by atoms with Gasteiger partial charge >= 0.3 is 0 Å². The second-order valence-corrected chi connectivity index (χ2v) is 4.55. The number of phenols is 1. The highest BCUT2D eigenvalue weighted by atomic mass is 19.1. The fourth-order valence-electron chi connectivity index (χ4n) is 1.95. The molecule has 0 spiro atoms. The molecule has 0 saturated heterocycles. The number of hydrogen-bond acceptors (Lipinski definition) is 5. The Morgan fingerprint density at radius 1 is 1.19 bits per heavy atom. The van der Waals surface area contributed by atoms with Crippen LogP contribution in [0, 0.1) is 5.82 Å². The van der Waals surface area contributed by atoms with E-state index in [0.29, 0.717) is 23.6 Å². The molecule has 3 aromatic rings. The first-order valence-corrected chi connectivity index (χ1v) is 6.28. The van der Waals surface area contributed by atoms with E-state index in [4.69, 9.17) is 15.4 Å². The van der Waals surface area contributed by atoms with E-state index in [0.717, 1.165) is 11.6 Å². The highest BCUT2D eigenvalue weighted by Gasteiger charge is 2.12. The molecule has 0 saturated carbocycles. The summed E-state index contributed by atoms with van der Waals surface area (Å²) in [5.41, 5.74) is 7.81. The summed E-state index contributed by atoms with van der Waals surface area (Å²) in [5, 5.41) is 13.0. The van der Waals surface area contributed by atoms with Crippen molar-refractivity contribution in [3.05, 3.63) is 59.7 Å². The van der Waals surface area contributed by atoms with E-state index < -0.39 is 11.6 Å². The molecular formula is C15H12FN3O2. The third-order valence-corrected chi connectivity index (χ3v) is 3.07. The first kappa shape index (κ1) is 13.1. The van der Waals surface area contributed by atoms with Crippen LogP contribution in [0.2, 0.25) is 0 Å². The lowest BCUT2D eigenvalue weighted by atomic mass is 10.1. The molecule has 21 heavy (non-hydrogen) atoms. The van der Waals surface area contributed by atoms with Gasteiger partial charge in [-0.25, -0.2) is 4.39 Å². The Hall–Kier alpha value is -2.89. The normalized spacial score (nSPS) is 10.7. The van der Waals surface area contributed by atoms with Gasteiger partial charge in [0.1, 0.15) is 0 Å². The summed E-state index contributed by atoms with van der Waals surface area (Å²) in [5.74, 6) is -0.500. The zero-order valence-corrected chi connectivity index (χ0v) is 11.0. The first-order valence-electron chi connectivity index (χ1n) is 6.28. The minimum Gasteiger partial charge on any atom is -0.505 e. The van der Waals surface area contributed by atoms with Crippen LogP contribution in [0.5, 0.6) is 5.75 Å². The van der Waals surface area contributed by atoms with Crippen molar-refractivity contribution in [3.63, 3.8) is 0 Å². The number of nitrogens with two attached hydrogens (primary N) is 1. The minimum absolute atomic E-state index is 0.262. The maximum absolute atomic E-state index is 13.3. The second kappa shape index (κ2) is 5.24. The van der Waals surface area contributed by atoms with Crippen molar-refractivity contribution in [1.82, 2.24) is 10.1 Å². The van der Waals surface area contributed by atoms with Crippen LogP contribution < -0.4 is 5.73 Å². The fraction of sp³-hybridized carbons (Fsp3) is 0.0667. The number of para-hydroxylation sites is 1. The molecule has 0 radical (unpaired) electrons. The summed E-state index contributed by atoms with van der Waals surface area (Å²) in [6.07, 6.45) is 0.403. The highest BCUT2D eigenvalue weighted by molar-refractivity contribution is 5.56. The molecule has 0 aliphatic carbocycles. The number of aromatic nitrogens is 2. The molecule has 0 aliphatic heterocycles. The topological polar surface area (TPSA) is 85.2 Å². The van der Waals surface area contributed by atoms with Gasteiger partial charge in [-0.2, -0.15) is 4.98 Å². The molecule has 0 atom stereocenters. The summed E-state index contributed by atoms with van der Waals surface area (Å²) in [7, 11) is 0. The van der Waals surface area contributed by atoms with Gasteiger partial charge < -0.3 is 15.4 Å². The van der Waals surface area contributed by atoms with Gasteiger partial charge in [-0.1, -0.05) is 23.4 Å². The number of rotatable bonds is 3. The standard InChI is InChI=1S/C15H12FN3O2/c16-11-7-10(5-6-13(11)20)15-18-14(21-19-15)8-9-3-1-2-4-12(9)17/h1-7,20H,8,17H2. The van der Waals surface area contributed by atoms with Gasteiger partial charge in [-0.3, -0.25) is 0 Å². The molecule has 0 aliphatic rings. The van der Waals surface area contributed by atoms with Crippen molar-refractivity contribution in [2.45, 2.75) is 6.42 Å². The van der Waals surface area contributed by atoms with Gasteiger partial charge in [-0.15, -0.1) is 0 Å². The monoisotopic (exact) mass is 285 g/mol. The Labute approximate surface area is 119 Å². The van der Waals surface area contributed by atoms with Crippen LogP contribution in [-0.2, 0) is 6.42 Å². The van der Waals surface area contributed by atoms with Crippen LogP contribution in [0.1, 0.15) is 11.5 Å². The molecule has 3 N–H and O–H groups in total. The Balaban J connectivity index is 1.86. The average Bonchev–Trinajstić information content (AvgIpc) is 2.93. The molecular weight excluding hydrogens is 273 g/mol. The number of nitrogen functional groups attached to an aromatic ring is 1. The first-order chi connectivity index (χ1) is 10.1. The average molecular weight is 285 g/mol. The van der Waals surface area contributed by atoms with Crippen molar-refractivity contribution >= 4 is 5.69 Å². The molecule has 0 fully saturated rings. The zero-order valence-electron chi connectivity index (χ0n) is 11.0. The molecule has 3 rings (SSSR count). The quantitative estimate of drug-likeness (QED) is 0.723. The van der Waals surface area contributed by atoms with E-state index in [9.17, 15) is 4.39 Å². The third-order valence-electron chi connectivity index (χ3n) is 3.07. The molecule has 0 bridgehead atoms. The van der Waals surface area contributed by atoms with E-state index in [2.05, 4.69) is 10.1 Å². The van der Waals surface area contributed by atoms with Crippen LogP contribution in [0.3, 0.4) is 0 Å². The Morgan fingerprint density at radius 2 is 2.00 bits per heavy atom. The lowest BCUT2D eigenvalue weighted by molar-refractivity contribution is 0.385. The smallest absolute Gasteiger partial charge is 0.231 e. The summed E-state index contributed by atoms with van der Waals surface area (Å²) in [6, 6.07) is 11.3. The molecule has 6 heteroatoms. The molecule has 1 aromatic heterocycles. The zero-order chi connectivity index (χ0) is 14.8. The molecule has 1 heterocycles. The number of halogens is 1. The van der Waals surface area contributed by atoms with Crippen molar-refractivity contribution in [3.8, 4) is 17.1 Å². The van der Waals surface area contributed by atoms with Crippen LogP contribution in [0.25, 0.3) is 11.4 Å². The Bertz CT molecular complexity index is 786. The van der Waals surface area contributed by atoms with Crippen LogP contribution in [0.4, 0.5) is 10.1 Å². The van der Waals surface area contributed by atoms with E-state index in [1.165, 1.54) is 12.1 Å². The lowest BCUT2D eigenvalue weighted by Crippen LogP contribution is -1.95. The van der Waals surface area contributed by atoms with E-state index in [1.54, 1.807) is 6.07 Å². The summed E-state index contributed by atoms with van der Waals surface area (Å²) < 4.78 is 18.5. The number of nitrogens with zero attached hydrogens (tertiary/aromatic N) is 2. The van der Waals surface area contributed by atoms with Gasteiger partial charge in [0.15, 0.2) is 11.6 Å². The third kappa shape index (κ3) is 2.69. The SMILES string of the molecule is Nc1ccccc1Cc1nc(-c2ccc(O)c(F)c2)no1. The molecule has 0 unspecified atom stereocenters. The number of benzene rings is 2. The molecule has 0 amide bonds. The van der Waals surface area contributed by atoms with Crippen molar-refractivity contribution in [1.29, 1.82) is 0 Å². The van der Waals surface area contributed by atoms with Gasteiger partial charge in [0.2, 0.25) is 11.7 Å². The van der Waals surface area contributed by atoms with Gasteiger partial charge in [0.25, 0.3) is 0 Å². The number of phenolic OH excluding ortho intramolecular Hbond substituents is 1. The predicted octanol–water partition coefficient (Wildman–Crippen LogP) is 2.75. The van der Waals surface area contributed by atoms with Gasteiger partial charge in [0, 0.05) is 11.3 Å². The van der Waals surface area contributed by atoms with E-state index in [-0.39, 0.29) is 5.82 Å². The number of hydrogen-bond donors (Lipinski definition) is 2. The summed E-state index contributed by atoms with van der Waals surface area (Å²) in [6.45, 7) is 0. The summed E-state index contributed by atoms with van der Waals surface area (Å²) in [4.78, 5) is 4.21. The number of aromatic hydroxyl groups is 1. The molecule has 106 valence electrons. The maximum atomic E-state index is 13.3. The minimum atomic E-state index is -0.730. The largest absolute Gasteiger partial charge is 0.505 e. The maximum Gasteiger partial charge on any atom is 0.231 e.